The zero-order valence-electron chi connectivity index (χ0n) is 18.0. The average Bonchev–Trinajstić information content (AvgIpc) is 3.15. The molecular weight excluding hydrogens is 411 g/mol. The number of benzene rings is 1. The monoisotopic (exact) mass is 443 g/mol. The van der Waals surface area contributed by atoms with Gasteiger partial charge in [-0.1, -0.05) is 0 Å². The summed E-state index contributed by atoms with van der Waals surface area (Å²) in [6, 6.07) is 7.01. The second-order valence-corrected chi connectivity index (χ2v) is 9.64. The Hall–Kier alpha value is -1.66. The molecule has 6 heteroatoms. The third-order valence-electron chi connectivity index (χ3n) is 6.75. The molecule has 0 radical (unpaired) electrons. The molecule has 2 aromatic rings. The molecule has 1 fully saturated rings. The number of nitrogens with zero attached hydrogens (tertiary/aromatic N) is 2. The topological polar surface area (TPSA) is 51.4 Å². The second kappa shape index (κ2) is 9.23. The van der Waals surface area contributed by atoms with E-state index in [2.05, 4.69) is 63.2 Å². The molecule has 0 bridgehead atoms. The number of aromatic nitrogens is 1. The third kappa shape index (κ3) is 3.96. The van der Waals surface area contributed by atoms with Crippen LogP contribution in [0.15, 0.2) is 37.1 Å². The van der Waals surface area contributed by atoms with Crippen molar-refractivity contribution in [3.05, 3.63) is 48.2 Å². The van der Waals surface area contributed by atoms with Gasteiger partial charge >= 0.3 is 189 Å². The van der Waals surface area contributed by atoms with Crippen LogP contribution in [0.4, 0.5) is 0 Å². The fourth-order valence-electron chi connectivity index (χ4n) is 5.42. The first kappa shape index (κ1) is 21.6. The van der Waals surface area contributed by atoms with E-state index >= 15 is 0 Å². The molecule has 5 nitrogen and oxygen atoms in total. The normalized spacial score (nSPS) is 23.2. The zero-order chi connectivity index (χ0) is 21.3. The van der Waals surface area contributed by atoms with E-state index in [-0.39, 0.29) is 11.8 Å². The van der Waals surface area contributed by atoms with Crippen LogP contribution in [-0.2, 0) is 28.2 Å². The molecule has 1 amide bonds. The van der Waals surface area contributed by atoms with Crippen molar-refractivity contribution in [1.29, 1.82) is 0 Å². The fourth-order valence-corrected chi connectivity index (χ4v) is 5.73. The number of H-pyrrole nitrogens is 1. The van der Waals surface area contributed by atoms with Gasteiger partial charge in [0.15, 0.2) is 0 Å². The number of rotatable bonds is 8. The Morgan fingerprint density at radius 2 is 2.30 bits per heavy atom. The first-order chi connectivity index (χ1) is 14.5. The Morgan fingerprint density at radius 1 is 1.47 bits per heavy atom. The van der Waals surface area contributed by atoms with E-state index in [0.717, 1.165) is 49.8 Å². The van der Waals surface area contributed by atoms with Gasteiger partial charge in [-0.05, 0) is 0 Å². The van der Waals surface area contributed by atoms with Crippen LogP contribution >= 0.6 is 0 Å². The number of nitrogens with one attached hydrogen (secondary N) is 2. The summed E-state index contributed by atoms with van der Waals surface area (Å²) in [6.45, 7) is 9.34. The summed E-state index contributed by atoms with van der Waals surface area (Å²) in [5.41, 5.74) is 4.03. The number of aromatic amines is 1. The van der Waals surface area contributed by atoms with Gasteiger partial charge in [0.2, 0.25) is 0 Å². The summed E-state index contributed by atoms with van der Waals surface area (Å²) in [6.07, 6.45) is 7.07. The van der Waals surface area contributed by atoms with Crippen LogP contribution in [0.1, 0.15) is 36.8 Å². The van der Waals surface area contributed by atoms with Crippen LogP contribution in [0.3, 0.4) is 0 Å². The number of carbonyl (C=O) groups is 1. The molecule has 4 rings (SSSR count). The first-order valence-corrected chi connectivity index (χ1v) is 11.7. The molecule has 2 N–H and O–H groups in total. The predicted octanol–water partition coefficient (Wildman–Crippen LogP) is 2.82. The van der Waals surface area contributed by atoms with Crippen molar-refractivity contribution in [2.45, 2.75) is 38.1 Å². The van der Waals surface area contributed by atoms with E-state index in [1.807, 2.05) is 24.9 Å². The quantitative estimate of drug-likeness (QED) is 0.487. The predicted molar refractivity (Wildman–Crippen MR) is 119 cm³/mol. The van der Waals surface area contributed by atoms with Gasteiger partial charge in [0.05, 0.1) is 0 Å². The van der Waals surface area contributed by atoms with Crippen molar-refractivity contribution in [3.63, 3.8) is 0 Å². The molecule has 30 heavy (non-hydrogen) atoms. The number of hydrogen-bond acceptors (Lipinski definition) is 3. The molecule has 1 aliphatic carbocycles. The number of carbonyl (C=O) groups excluding carboxylic acids is 1. The van der Waals surface area contributed by atoms with Gasteiger partial charge in [-0.3, -0.25) is 0 Å². The van der Waals surface area contributed by atoms with E-state index in [4.69, 9.17) is 0 Å². The molecule has 159 valence electrons. The molecule has 2 aliphatic rings. The molecule has 2 heterocycles. The van der Waals surface area contributed by atoms with Crippen LogP contribution in [0.2, 0.25) is 0 Å². The van der Waals surface area contributed by atoms with Crippen LogP contribution in [0, 0.1) is 5.92 Å². The zero-order valence-corrected chi connectivity index (χ0v) is 19.4. The van der Waals surface area contributed by atoms with Crippen molar-refractivity contribution >= 4 is 21.2 Å². The minimum absolute atomic E-state index is 0.00985. The van der Waals surface area contributed by atoms with Gasteiger partial charge in [-0.2, -0.15) is 0 Å². The standard InChI is InChI=1S/C24H32N4O.V/c1-4-11-28-16-18(24(29)27(5-2)12-7-10-25-3)13-20-19-8-6-9-21-23(19)17(15-26-21)14-22(20)28;/h4,6,8-9,15,18,20,22,25-26H,1,7,10-14,16H2,2-3H3;/t18-,20-,22-;/m1./s1. The molecule has 0 unspecified atom stereocenters. The maximum absolute atomic E-state index is 13.6. The average molecular weight is 443 g/mol. The van der Waals surface area contributed by atoms with Gasteiger partial charge in [-0.25, -0.2) is 0 Å². The van der Waals surface area contributed by atoms with E-state index in [1.54, 1.807) is 0 Å². The maximum atomic E-state index is 13.6. The molecule has 0 saturated carbocycles. The van der Waals surface area contributed by atoms with Crippen LogP contribution in [-0.4, -0.2) is 64.3 Å². The van der Waals surface area contributed by atoms with Crippen molar-refractivity contribution in [2.24, 2.45) is 5.92 Å². The van der Waals surface area contributed by atoms with Crippen LogP contribution in [0.5, 0.6) is 0 Å². The third-order valence-corrected chi connectivity index (χ3v) is 7.13. The first-order valence-electron chi connectivity index (χ1n) is 11.0. The molecule has 1 aliphatic heterocycles. The van der Waals surface area contributed by atoms with Gasteiger partial charge in [0.1, 0.15) is 0 Å². The fraction of sp³-hybridized carbons (Fsp3) is 0.500. The summed E-state index contributed by atoms with van der Waals surface area (Å²) in [4.78, 5) is 21.5. The minimum atomic E-state index is 0.00985. The van der Waals surface area contributed by atoms with Gasteiger partial charge in [0.25, 0.3) is 0 Å². The van der Waals surface area contributed by atoms with Gasteiger partial charge in [0, 0.05) is 0 Å². The summed E-state index contributed by atoms with van der Waals surface area (Å²) in [7, 11) is 1.96. The number of hydrogen-bond donors (Lipinski definition) is 2. The van der Waals surface area contributed by atoms with Gasteiger partial charge < -0.3 is 0 Å². The Labute approximate surface area is 188 Å². The van der Waals surface area contributed by atoms with E-state index in [0.29, 0.717) is 12.0 Å². The molecular formula is C24H32N4OV. The molecule has 1 saturated heterocycles. The number of amides is 1. The van der Waals surface area contributed by atoms with E-state index in [1.165, 1.54) is 22.0 Å². The Kier molecular flexibility index (Phi) is 6.64. The Balaban J connectivity index is 1.64. The SMILES string of the molecule is C=CCN1C[C@H](C(=O)N(CCCNC)[C](C)=[V])C[C@@H]2c3cccc4[nH]cc(c34)C[C@H]21. The second-order valence-electron chi connectivity index (χ2n) is 8.63. The summed E-state index contributed by atoms with van der Waals surface area (Å²) < 4.78 is 1.03. The molecule has 1 aromatic carbocycles. The molecule has 3 atom stereocenters. The van der Waals surface area contributed by atoms with E-state index in [9.17, 15) is 4.79 Å². The van der Waals surface area contributed by atoms with Crippen molar-refractivity contribution in [1.82, 2.24) is 20.1 Å². The number of likely N-dealkylation sites (tertiary alicyclic amines) is 1. The van der Waals surface area contributed by atoms with Crippen LogP contribution < -0.4 is 5.32 Å². The van der Waals surface area contributed by atoms with Crippen molar-refractivity contribution < 1.29 is 21.8 Å². The number of piperidine rings is 1. The summed E-state index contributed by atoms with van der Waals surface area (Å²) in [5.74, 6) is 0.657. The Morgan fingerprint density at radius 3 is 3.03 bits per heavy atom. The van der Waals surface area contributed by atoms with Crippen molar-refractivity contribution in [3.8, 4) is 0 Å². The van der Waals surface area contributed by atoms with Crippen molar-refractivity contribution in [2.75, 3.05) is 33.2 Å². The number of fused-ring (bicyclic) bond motifs is 2. The summed E-state index contributed by atoms with van der Waals surface area (Å²) >= 11 is 2.56. The van der Waals surface area contributed by atoms with Crippen LogP contribution in [0.25, 0.3) is 10.9 Å². The molecule has 1 aromatic heterocycles. The van der Waals surface area contributed by atoms with E-state index < -0.39 is 0 Å². The summed E-state index contributed by atoms with van der Waals surface area (Å²) in [5, 5.41) is 4.57. The van der Waals surface area contributed by atoms with Gasteiger partial charge in [-0.15, -0.1) is 0 Å². The Bertz CT molecular complexity index is 952. The molecule has 0 spiro atoms.